The topological polar surface area (TPSA) is 86.8 Å². The zero-order chi connectivity index (χ0) is 19.6. The monoisotopic (exact) mass is 434 g/mol. The lowest BCUT2D eigenvalue weighted by atomic mass is 9.92. The summed E-state index contributed by atoms with van der Waals surface area (Å²) in [6.45, 7) is 9.77. The maximum absolute atomic E-state index is 12.2. The molecule has 0 aromatic carbocycles. The number of hydrogen-bond donors (Lipinski definition) is 2. The van der Waals surface area contributed by atoms with Gasteiger partial charge in [0.05, 0.1) is 22.9 Å². The first-order valence-corrected chi connectivity index (χ1v) is 10.1. The number of aromatic amines is 1. The number of aryl methyl sites for hydroxylation is 1. The minimum Gasteiger partial charge on any atom is -0.356 e. The van der Waals surface area contributed by atoms with Gasteiger partial charge in [0.2, 0.25) is 5.91 Å². The van der Waals surface area contributed by atoms with Gasteiger partial charge in [-0.05, 0) is 56.5 Å². The zero-order valence-corrected chi connectivity index (χ0v) is 17.9. The molecule has 3 rings (SSSR count). The third kappa shape index (κ3) is 5.06. The van der Waals surface area contributed by atoms with E-state index in [1.165, 1.54) is 5.69 Å². The lowest BCUT2D eigenvalue weighted by molar-refractivity contribution is -0.121. The number of nitrogens with one attached hydrogen (secondary N) is 2. The second-order valence-corrected chi connectivity index (χ2v) is 8.96. The fourth-order valence-corrected chi connectivity index (χ4v) is 3.89. The first kappa shape index (κ1) is 19.8. The Morgan fingerprint density at radius 1 is 1.33 bits per heavy atom. The summed E-state index contributed by atoms with van der Waals surface area (Å²) in [6.07, 6.45) is 5.75. The third-order valence-corrected chi connectivity index (χ3v) is 5.22. The largest absolute Gasteiger partial charge is 0.356 e. The molecule has 1 saturated heterocycles. The van der Waals surface area contributed by atoms with Gasteiger partial charge in [0.25, 0.3) is 0 Å². The average Bonchev–Trinajstić information content (AvgIpc) is 3.01. The Hall–Kier alpha value is -1.96. The van der Waals surface area contributed by atoms with Crippen molar-refractivity contribution in [2.75, 3.05) is 18.0 Å². The van der Waals surface area contributed by atoms with E-state index < -0.39 is 0 Å². The summed E-state index contributed by atoms with van der Waals surface area (Å²) in [6, 6.07) is 0. The van der Waals surface area contributed by atoms with Gasteiger partial charge in [-0.25, -0.2) is 15.0 Å². The minimum atomic E-state index is -0.262. The number of carbonyl (C=O) groups excluding carboxylic acids is 1. The van der Waals surface area contributed by atoms with E-state index in [9.17, 15) is 4.79 Å². The zero-order valence-electron chi connectivity index (χ0n) is 16.3. The number of H-pyrrole nitrogens is 1. The van der Waals surface area contributed by atoms with Crippen molar-refractivity contribution in [2.45, 2.75) is 58.4 Å². The molecule has 0 saturated carbocycles. The second-order valence-electron chi connectivity index (χ2n) is 8.11. The molecule has 2 aromatic rings. The van der Waals surface area contributed by atoms with Gasteiger partial charge < -0.3 is 15.2 Å². The summed E-state index contributed by atoms with van der Waals surface area (Å²) in [5.74, 6) is 1.81. The van der Waals surface area contributed by atoms with E-state index in [1.54, 1.807) is 12.5 Å². The number of aromatic nitrogens is 4. The van der Waals surface area contributed by atoms with E-state index in [4.69, 9.17) is 0 Å². The Kier molecular flexibility index (Phi) is 5.83. The molecule has 0 aliphatic carbocycles. The van der Waals surface area contributed by atoms with Crippen molar-refractivity contribution in [3.63, 3.8) is 0 Å². The van der Waals surface area contributed by atoms with Gasteiger partial charge in [-0.15, -0.1) is 0 Å². The highest BCUT2D eigenvalue weighted by Gasteiger charge is 2.25. The number of carbonyl (C=O) groups is 1. The molecule has 1 amide bonds. The summed E-state index contributed by atoms with van der Waals surface area (Å²) in [4.78, 5) is 31.1. The molecular weight excluding hydrogens is 408 g/mol. The van der Waals surface area contributed by atoms with Crippen LogP contribution in [-0.4, -0.2) is 44.5 Å². The predicted molar refractivity (Wildman–Crippen MR) is 109 cm³/mol. The van der Waals surface area contributed by atoms with E-state index in [1.807, 2.05) is 20.8 Å². The molecule has 146 valence electrons. The average molecular weight is 435 g/mol. The number of hydrogen-bond acceptors (Lipinski definition) is 5. The Bertz CT molecular complexity index is 805. The first-order chi connectivity index (χ1) is 12.7. The number of piperidine rings is 1. The maximum atomic E-state index is 12.2. The van der Waals surface area contributed by atoms with E-state index in [0.717, 1.165) is 41.9 Å². The van der Waals surface area contributed by atoms with Crippen molar-refractivity contribution in [1.29, 1.82) is 0 Å². The van der Waals surface area contributed by atoms with Gasteiger partial charge in [-0.3, -0.25) is 4.79 Å². The van der Waals surface area contributed by atoms with Crippen molar-refractivity contribution in [3.8, 4) is 0 Å². The SMILES string of the molecule is Cc1[nH]cnc1C1CCN(c2nc(CC(=O)NC(C)(C)C)ncc2Br)CC1. The maximum Gasteiger partial charge on any atom is 0.228 e. The normalized spacial score (nSPS) is 15.8. The molecule has 0 atom stereocenters. The van der Waals surface area contributed by atoms with Crippen LogP contribution in [0.5, 0.6) is 0 Å². The highest BCUT2D eigenvalue weighted by Crippen LogP contribution is 2.32. The summed E-state index contributed by atoms with van der Waals surface area (Å²) in [5, 5.41) is 2.95. The minimum absolute atomic E-state index is 0.0662. The van der Waals surface area contributed by atoms with Crippen molar-refractivity contribution >= 4 is 27.7 Å². The molecule has 8 heteroatoms. The number of imidazole rings is 1. The van der Waals surface area contributed by atoms with Crippen LogP contribution in [0.3, 0.4) is 0 Å². The van der Waals surface area contributed by atoms with Gasteiger partial charge >= 0.3 is 0 Å². The number of rotatable bonds is 4. The number of nitrogens with zero attached hydrogens (tertiary/aromatic N) is 4. The van der Waals surface area contributed by atoms with Gasteiger partial charge in [0.1, 0.15) is 11.6 Å². The molecule has 0 unspecified atom stereocenters. The molecular formula is C19H27BrN6O. The highest BCUT2D eigenvalue weighted by atomic mass is 79.9. The number of halogens is 1. The fraction of sp³-hybridized carbons (Fsp3) is 0.579. The molecule has 1 aliphatic rings. The van der Waals surface area contributed by atoms with E-state index in [-0.39, 0.29) is 17.9 Å². The smallest absolute Gasteiger partial charge is 0.228 e. The Balaban J connectivity index is 1.67. The lowest BCUT2D eigenvalue weighted by Gasteiger charge is -2.33. The van der Waals surface area contributed by atoms with Crippen LogP contribution in [0.1, 0.15) is 56.7 Å². The molecule has 2 aromatic heterocycles. The van der Waals surface area contributed by atoms with Crippen LogP contribution in [0.4, 0.5) is 5.82 Å². The van der Waals surface area contributed by atoms with Crippen LogP contribution in [0, 0.1) is 6.92 Å². The fourth-order valence-electron chi connectivity index (χ4n) is 3.45. The first-order valence-electron chi connectivity index (χ1n) is 9.30. The molecule has 1 aliphatic heterocycles. The molecule has 27 heavy (non-hydrogen) atoms. The van der Waals surface area contributed by atoms with Gasteiger partial charge in [0.15, 0.2) is 0 Å². The van der Waals surface area contributed by atoms with Gasteiger partial charge in [-0.2, -0.15) is 0 Å². The molecule has 0 radical (unpaired) electrons. The van der Waals surface area contributed by atoms with E-state index in [0.29, 0.717) is 11.7 Å². The van der Waals surface area contributed by atoms with Gasteiger partial charge in [-0.1, -0.05) is 0 Å². The highest BCUT2D eigenvalue weighted by molar-refractivity contribution is 9.10. The Morgan fingerprint density at radius 3 is 2.63 bits per heavy atom. The molecule has 0 spiro atoms. The van der Waals surface area contributed by atoms with E-state index >= 15 is 0 Å². The van der Waals surface area contributed by atoms with Gasteiger partial charge in [0, 0.05) is 36.4 Å². The van der Waals surface area contributed by atoms with Crippen LogP contribution in [-0.2, 0) is 11.2 Å². The molecule has 2 N–H and O–H groups in total. The van der Waals surface area contributed by atoms with Crippen LogP contribution in [0.15, 0.2) is 17.0 Å². The van der Waals surface area contributed by atoms with Crippen molar-refractivity contribution in [3.05, 3.63) is 34.2 Å². The Labute approximate surface area is 168 Å². The van der Waals surface area contributed by atoms with Crippen LogP contribution < -0.4 is 10.2 Å². The third-order valence-electron chi connectivity index (χ3n) is 4.66. The lowest BCUT2D eigenvalue weighted by Crippen LogP contribution is -2.41. The van der Waals surface area contributed by atoms with E-state index in [2.05, 4.69) is 53.0 Å². The number of anilines is 1. The summed E-state index contributed by atoms with van der Waals surface area (Å²) < 4.78 is 0.858. The molecule has 3 heterocycles. The molecule has 7 nitrogen and oxygen atoms in total. The van der Waals surface area contributed by atoms with Crippen molar-refractivity contribution in [2.24, 2.45) is 0 Å². The quantitative estimate of drug-likeness (QED) is 0.771. The number of amides is 1. The summed E-state index contributed by atoms with van der Waals surface area (Å²) in [7, 11) is 0. The summed E-state index contributed by atoms with van der Waals surface area (Å²) >= 11 is 3.56. The standard InChI is InChI=1S/C19H27BrN6O/c1-12-17(23-11-22-12)13-5-7-26(8-6-13)18-14(20)10-21-15(24-18)9-16(27)25-19(2,3)4/h10-11,13H,5-9H2,1-4H3,(H,22,23)(H,25,27). The Morgan fingerprint density at radius 2 is 2.04 bits per heavy atom. The predicted octanol–water partition coefficient (Wildman–Crippen LogP) is 3.11. The molecule has 1 fully saturated rings. The van der Waals surface area contributed by atoms with Crippen LogP contribution in [0.2, 0.25) is 0 Å². The van der Waals surface area contributed by atoms with Crippen LogP contribution in [0.25, 0.3) is 0 Å². The van der Waals surface area contributed by atoms with Crippen molar-refractivity contribution < 1.29 is 4.79 Å². The second kappa shape index (κ2) is 7.96. The van der Waals surface area contributed by atoms with Crippen LogP contribution >= 0.6 is 15.9 Å². The van der Waals surface area contributed by atoms with Crippen molar-refractivity contribution in [1.82, 2.24) is 25.3 Å². The molecule has 0 bridgehead atoms. The summed E-state index contributed by atoms with van der Waals surface area (Å²) in [5.41, 5.74) is 2.07.